The van der Waals surface area contributed by atoms with Crippen molar-refractivity contribution in [1.29, 1.82) is 0 Å². The van der Waals surface area contributed by atoms with Crippen molar-refractivity contribution in [2.75, 3.05) is 0 Å². The van der Waals surface area contributed by atoms with E-state index in [0.717, 1.165) is 44.8 Å². The number of rotatable bonds is 10. The number of pyridine rings is 5. The van der Waals surface area contributed by atoms with Gasteiger partial charge in [-0.1, -0.05) is 242 Å². The van der Waals surface area contributed by atoms with Crippen molar-refractivity contribution in [1.82, 2.24) is 0 Å². The Kier molecular flexibility index (Phi) is 22.4. The van der Waals surface area contributed by atoms with Gasteiger partial charge < -0.3 is 0 Å². The van der Waals surface area contributed by atoms with E-state index in [1.165, 1.54) is 123 Å². The maximum absolute atomic E-state index is 7.90. The molecule has 0 fully saturated rings. The molecule has 0 saturated carbocycles. The molecule has 0 bridgehead atoms. The third kappa shape index (κ3) is 18.5. The predicted molar refractivity (Wildman–Crippen MR) is 449 cm³/mol. The van der Waals surface area contributed by atoms with Gasteiger partial charge in [-0.15, -0.1) is 0 Å². The highest BCUT2D eigenvalue weighted by Crippen LogP contribution is 2.34. The zero-order valence-corrected chi connectivity index (χ0v) is 64.8. The second-order valence-corrected chi connectivity index (χ2v) is 28.2. The molecule has 0 atom stereocenters. The molecular weight excluding hydrogens is 1300 g/mol. The molecule has 5 heterocycles. The fourth-order valence-corrected chi connectivity index (χ4v) is 14.2. The summed E-state index contributed by atoms with van der Waals surface area (Å²) >= 11 is 0. The Hall–Kier alpha value is -12.1. The van der Waals surface area contributed by atoms with Gasteiger partial charge in [-0.3, -0.25) is 0 Å². The zero-order chi connectivity index (χ0) is 80.8. The summed E-state index contributed by atoms with van der Waals surface area (Å²) in [5, 5.41) is 0. The number of nitrogens with zero attached hydrogens (tertiary/aromatic N) is 5. The Morgan fingerprint density at radius 3 is 0.729 bits per heavy atom. The van der Waals surface area contributed by atoms with E-state index in [9.17, 15) is 0 Å². The summed E-state index contributed by atoms with van der Waals surface area (Å²) in [6.45, 7) is 17.1. The van der Waals surface area contributed by atoms with Crippen LogP contribution in [0.1, 0.15) is 75.0 Å². The van der Waals surface area contributed by atoms with Crippen LogP contribution in [0.2, 0.25) is 0 Å². The SMILES string of the molecule is Cc1c[n+](C)c(-c2ccccc2C)cc1-c1ccccc1.Cc1cc(-c2ccccc2C)[n+](C)cc1-c1ccccc1.Cc1ccc(-c2cc(C)c(-c3ccccc3)c[n+]2C)c(C)c1.[2H]C([2H])([2H])c1c[n+](C)c(-c2ccccc2C)cc1-c1ccccc1.[2H]C([2H])([2H])c1ccc(-c2cc(C)c(-c3ccccc3)c[n+]2C)c(C)c1. The van der Waals surface area contributed by atoms with Gasteiger partial charge in [0.05, 0.1) is 0 Å². The van der Waals surface area contributed by atoms with Gasteiger partial charge in [0.15, 0.2) is 31.0 Å². The van der Waals surface area contributed by atoms with E-state index in [-0.39, 0.29) is 0 Å². The van der Waals surface area contributed by atoms with Crippen LogP contribution in [0.4, 0.5) is 0 Å². The molecule has 10 aromatic carbocycles. The summed E-state index contributed by atoms with van der Waals surface area (Å²) in [6.07, 6.45) is 10.5. The van der Waals surface area contributed by atoms with Crippen LogP contribution in [0.25, 0.3) is 112 Å². The Morgan fingerprint density at radius 2 is 0.421 bits per heavy atom. The Balaban J connectivity index is 0.000000140. The van der Waals surface area contributed by atoms with Gasteiger partial charge in [-0.25, -0.2) is 22.8 Å². The Labute approximate surface area is 646 Å². The van der Waals surface area contributed by atoms with Crippen molar-refractivity contribution in [3.05, 3.63) is 389 Å². The van der Waals surface area contributed by atoms with Gasteiger partial charge in [-0.05, 0) is 197 Å². The second-order valence-electron chi connectivity index (χ2n) is 28.2. The lowest BCUT2D eigenvalue weighted by Gasteiger charge is -2.10. The van der Waals surface area contributed by atoms with Gasteiger partial charge in [-0.2, -0.15) is 0 Å². The van der Waals surface area contributed by atoms with Crippen LogP contribution in [0, 0.1) is 82.9 Å². The molecule has 0 amide bonds. The number of hydrogen-bond acceptors (Lipinski definition) is 0. The van der Waals surface area contributed by atoms with Crippen molar-refractivity contribution in [3.63, 3.8) is 0 Å². The van der Waals surface area contributed by atoms with Crippen molar-refractivity contribution < 1.29 is 31.1 Å². The quantitative estimate of drug-likeness (QED) is 0.122. The van der Waals surface area contributed by atoms with E-state index in [1.54, 1.807) is 18.3 Å². The summed E-state index contributed by atoms with van der Waals surface area (Å²) in [7, 11) is 10.3. The van der Waals surface area contributed by atoms with Gasteiger partial charge in [0.2, 0.25) is 28.5 Å². The molecule has 0 aliphatic rings. The molecule has 15 rings (SSSR count). The van der Waals surface area contributed by atoms with Gasteiger partial charge in [0.25, 0.3) is 0 Å². The van der Waals surface area contributed by atoms with Gasteiger partial charge >= 0.3 is 0 Å². The molecule has 0 aliphatic carbocycles. The normalized spacial score (nSPS) is 11.7. The fraction of sp³-hybridized carbons (Fsp3) is 0.167. The molecule has 0 aliphatic heterocycles. The monoisotopic (exact) mass is 1400 g/mol. The molecule has 107 heavy (non-hydrogen) atoms. The molecule has 0 spiro atoms. The molecule has 532 valence electrons. The van der Waals surface area contributed by atoms with Crippen LogP contribution in [-0.2, 0) is 35.2 Å². The lowest BCUT2D eigenvalue weighted by molar-refractivity contribution is -0.660. The highest BCUT2D eigenvalue weighted by atomic mass is 14.9. The first kappa shape index (κ1) is 68.1. The summed E-state index contributed by atoms with van der Waals surface area (Å²) < 4.78 is 57.1. The molecule has 0 N–H and O–H groups in total. The van der Waals surface area contributed by atoms with E-state index in [1.807, 2.05) is 98.4 Å². The number of aryl methyl sites for hydroxylation is 17. The predicted octanol–water partition coefficient (Wildman–Crippen LogP) is 22.9. The summed E-state index contributed by atoms with van der Waals surface area (Å²) in [5.41, 5.74) is 36.8. The third-order valence-electron chi connectivity index (χ3n) is 20.0. The maximum Gasteiger partial charge on any atom is 0.213 e. The van der Waals surface area contributed by atoms with E-state index in [0.29, 0.717) is 11.1 Å². The fourth-order valence-electron chi connectivity index (χ4n) is 14.2. The average Bonchev–Trinajstić information content (AvgIpc) is 0.837. The lowest BCUT2D eigenvalue weighted by atomic mass is 9.97. The first-order chi connectivity index (χ1) is 54.0. The highest BCUT2D eigenvalue weighted by molar-refractivity contribution is 5.76. The maximum atomic E-state index is 7.90. The first-order valence-corrected chi connectivity index (χ1v) is 36.7. The molecule has 5 heteroatoms. The Morgan fingerprint density at radius 1 is 0.178 bits per heavy atom. The summed E-state index contributed by atoms with van der Waals surface area (Å²) in [4.78, 5) is 0. The number of aromatic nitrogens is 5. The zero-order valence-electron chi connectivity index (χ0n) is 70.8. The van der Waals surface area contributed by atoms with Crippen molar-refractivity contribution in [2.45, 2.75) is 82.9 Å². The van der Waals surface area contributed by atoms with Crippen molar-refractivity contribution in [3.8, 4) is 112 Å². The minimum Gasteiger partial charge on any atom is -0.201 e. The van der Waals surface area contributed by atoms with Crippen molar-refractivity contribution in [2.24, 2.45) is 35.2 Å². The molecule has 0 unspecified atom stereocenters. The van der Waals surface area contributed by atoms with Crippen LogP contribution < -0.4 is 22.8 Å². The number of hydrogen-bond donors (Lipinski definition) is 0. The standard InChI is InChI=1S/2C21H22N.3C20H20N/c2*1-15-10-11-19(16(2)12-15)21-13-17(3)20(14-22(21)4)18-8-6-5-7-9-18;2*1-15-9-7-8-12-18(15)20-13-19(16(2)14-21(20)3)17-10-5-4-6-11-17;1-15-9-7-8-12-18(15)20-13-16(2)19(14-21(20)3)17-10-5-4-6-11-17/h2*5-14H,1-4H3;3*4-14H,1-3H3/q5*+1/i1D3;;2D3;;. The first-order valence-electron chi connectivity index (χ1n) is 39.7. The van der Waals surface area contributed by atoms with Crippen molar-refractivity contribution >= 4 is 0 Å². The van der Waals surface area contributed by atoms with Crippen LogP contribution in [-0.4, -0.2) is 0 Å². The van der Waals surface area contributed by atoms with E-state index in [4.69, 9.17) is 8.22 Å². The Bertz CT molecular complexity index is 5820. The van der Waals surface area contributed by atoms with E-state index >= 15 is 0 Å². The van der Waals surface area contributed by atoms with Crippen LogP contribution >= 0.6 is 0 Å². The minimum atomic E-state index is -2.16. The minimum absolute atomic E-state index is 0.369. The third-order valence-corrected chi connectivity index (χ3v) is 20.0. The second kappa shape index (κ2) is 35.2. The number of benzene rings is 10. The molecule has 0 saturated heterocycles. The topological polar surface area (TPSA) is 19.4 Å². The van der Waals surface area contributed by atoms with Crippen LogP contribution in [0.15, 0.2) is 322 Å². The largest absolute Gasteiger partial charge is 0.213 e. The van der Waals surface area contributed by atoms with Crippen LogP contribution in [0.3, 0.4) is 0 Å². The molecule has 5 nitrogen and oxygen atoms in total. The molecule has 5 aromatic heterocycles. The highest BCUT2D eigenvalue weighted by Gasteiger charge is 2.22. The van der Waals surface area contributed by atoms with E-state index in [2.05, 4.69) is 333 Å². The lowest BCUT2D eigenvalue weighted by Crippen LogP contribution is -2.31. The average molecular weight is 1410 g/mol. The van der Waals surface area contributed by atoms with Gasteiger partial charge in [0, 0.05) is 94.2 Å². The van der Waals surface area contributed by atoms with Crippen LogP contribution in [0.5, 0.6) is 0 Å². The summed E-state index contributed by atoms with van der Waals surface area (Å²) in [6, 6.07) is 100. The summed E-state index contributed by atoms with van der Waals surface area (Å²) in [5.74, 6) is 0. The molecular formula is C102H104N5+5. The molecule has 0 radical (unpaired) electrons. The van der Waals surface area contributed by atoms with E-state index < -0.39 is 13.7 Å². The smallest absolute Gasteiger partial charge is 0.201 e. The molecule has 15 aromatic rings. The van der Waals surface area contributed by atoms with Gasteiger partial charge in [0.1, 0.15) is 35.2 Å².